The second-order valence-electron chi connectivity index (χ2n) is 3.01. The molecule has 5 heteroatoms. The van der Waals surface area contributed by atoms with E-state index in [1.54, 1.807) is 11.1 Å². The smallest absolute Gasteiger partial charge is 0.222 e. The molecule has 2 heterocycles. The molecule has 0 saturated carbocycles. The van der Waals surface area contributed by atoms with Gasteiger partial charge in [-0.1, -0.05) is 0 Å². The van der Waals surface area contributed by atoms with Crippen molar-refractivity contribution in [1.29, 1.82) is 0 Å². The molecule has 0 N–H and O–H groups in total. The van der Waals surface area contributed by atoms with E-state index in [1.165, 1.54) is 0 Å². The lowest BCUT2D eigenvalue weighted by Crippen LogP contribution is -2.44. The van der Waals surface area contributed by atoms with Gasteiger partial charge in [-0.25, -0.2) is 9.97 Å². The maximum absolute atomic E-state index is 10.3. The Bertz CT molecular complexity index is 325. The van der Waals surface area contributed by atoms with E-state index in [0.29, 0.717) is 5.92 Å². The summed E-state index contributed by atoms with van der Waals surface area (Å²) in [6.07, 6.45) is 2.48. The van der Waals surface area contributed by atoms with Gasteiger partial charge in [0.25, 0.3) is 0 Å². The standard InChI is InChI=1S/C8H8ClN3O/c9-8-10-2-1-7(11-8)6-3-12(4-6)5-13/h1-2,5-6H,3-4H2. The Hall–Kier alpha value is -1.16. The third-order valence-electron chi connectivity index (χ3n) is 2.12. The van der Waals surface area contributed by atoms with Crippen molar-refractivity contribution in [3.8, 4) is 0 Å². The largest absolute Gasteiger partial charge is 0.344 e. The molecule has 1 aromatic heterocycles. The topological polar surface area (TPSA) is 46.1 Å². The SMILES string of the molecule is O=CN1CC(c2ccnc(Cl)n2)C1. The molecule has 0 unspecified atom stereocenters. The van der Waals surface area contributed by atoms with Crippen LogP contribution in [0.5, 0.6) is 0 Å². The maximum atomic E-state index is 10.3. The van der Waals surface area contributed by atoms with Gasteiger partial charge in [-0.15, -0.1) is 0 Å². The highest BCUT2D eigenvalue weighted by molar-refractivity contribution is 6.28. The molecule has 13 heavy (non-hydrogen) atoms. The minimum absolute atomic E-state index is 0.266. The molecule has 0 bridgehead atoms. The average molecular weight is 198 g/mol. The maximum Gasteiger partial charge on any atom is 0.222 e. The number of aromatic nitrogens is 2. The van der Waals surface area contributed by atoms with E-state index in [0.717, 1.165) is 25.2 Å². The summed E-state index contributed by atoms with van der Waals surface area (Å²) in [5.41, 5.74) is 0.915. The molecule has 1 fully saturated rings. The van der Waals surface area contributed by atoms with Crippen LogP contribution in [0.15, 0.2) is 12.3 Å². The van der Waals surface area contributed by atoms with Gasteiger partial charge in [0.2, 0.25) is 11.7 Å². The van der Waals surface area contributed by atoms with E-state index in [9.17, 15) is 4.79 Å². The van der Waals surface area contributed by atoms with Crippen LogP contribution in [-0.2, 0) is 4.79 Å². The van der Waals surface area contributed by atoms with E-state index >= 15 is 0 Å². The zero-order valence-electron chi connectivity index (χ0n) is 6.85. The first kappa shape index (κ1) is 8.44. The normalized spacial score (nSPS) is 16.8. The monoisotopic (exact) mass is 197 g/mol. The first-order valence-corrected chi connectivity index (χ1v) is 4.35. The van der Waals surface area contributed by atoms with Crippen molar-refractivity contribution in [2.75, 3.05) is 13.1 Å². The van der Waals surface area contributed by atoms with Crippen LogP contribution in [0.25, 0.3) is 0 Å². The number of likely N-dealkylation sites (tertiary alicyclic amines) is 1. The molecule has 1 amide bonds. The van der Waals surface area contributed by atoms with Crippen molar-refractivity contribution in [2.45, 2.75) is 5.92 Å². The summed E-state index contributed by atoms with van der Waals surface area (Å²) in [7, 11) is 0. The first-order valence-electron chi connectivity index (χ1n) is 3.97. The van der Waals surface area contributed by atoms with Gasteiger partial charge in [0, 0.05) is 25.2 Å². The van der Waals surface area contributed by atoms with Gasteiger partial charge in [-0.05, 0) is 17.7 Å². The minimum atomic E-state index is 0.266. The fourth-order valence-corrected chi connectivity index (χ4v) is 1.51. The quantitative estimate of drug-likeness (QED) is 0.518. The summed E-state index contributed by atoms with van der Waals surface area (Å²) in [4.78, 5) is 19.9. The number of rotatable bonds is 2. The van der Waals surface area contributed by atoms with Gasteiger partial charge < -0.3 is 4.90 Å². The lowest BCUT2D eigenvalue weighted by Gasteiger charge is -2.35. The zero-order chi connectivity index (χ0) is 9.26. The van der Waals surface area contributed by atoms with Crippen molar-refractivity contribution in [2.24, 2.45) is 0 Å². The van der Waals surface area contributed by atoms with Crippen molar-refractivity contribution in [1.82, 2.24) is 14.9 Å². The molecular formula is C8H8ClN3O. The number of hydrogen-bond donors (Lipinski definition) is 0. The van der Waals surface area contributed by atoms with Crippen molar-refractivity contribution < 1.29 is 4.79 Å². The van der Waals surface area contributed by atoms with Crippen LogP contribution in [0.1, 0.15) is 11.6 Å². The lowest BCUT2D eigenvalue weighted by molar-refractivity contribution is -0.122. The second kappa shape index (κ2) is 3.30. The van der Waals surface area contributed by atoms with Crippen LogP contribution in [0, 0.1) is 0 Å². The highest BCUT2D eigenvalue weighted by atomic mass is 35.5. The van der Waals surface area contributed by atoms with Crippen molar-refractivity contribution in [3.05, 3.63) is 23.2 Å². The summed E-state index contributed by atoms with van der Waals surface area (Å²) in [6, 6.07) is 1.83. The average Bonchev–Trinajstić information content (AvgIpc) is 2.02. The first-order chi connectivity index (χ1) is 6.29. The number of carbonyl (C=O) groups excluding carboxylic acids is 1. The Morgan fingerprint density at radius 1 is 1.62 bits per heavy atom. The highest BCUT2D eigenvalue weighted by Gasteiger charge is 2.27. The van der Waals surface area contributed by atoms with Gasteiger partial charge in [-0.2, -0.15) is 0 Å². The number of amides is 1. The van der Waals surface area contributed by atoms with Gasteiger partial charge >= 0.3 is 0 Å². The molecule has 0 radical (unpaired) electrons. The van der Waals surface area contributed by atoms with E-state index in [4.69, 9.17) is 11.6 Å². The summed E-state index contributed by atoms with van der Waals surface area (Å²) < 4.78 is 0. The van der Waals surface area contributed by atoms with Crippen LogP contribution < -0.4 is 0 Å². The molecule has 68 valence electrons. The van der Waals surface area contributed by atoms with Crippen LogP contribution in [-0.4, -0.2) is 34.4 Å². The number of halogens is 1. The van der Waals surface area contributed by atoms with Gasteiger partial charge in [0.05, 0.1) is 5.69 Å². The molecular weight excluding hydrogens is 190 g/mol. The predicted octanol–water partition coefficient (Wildman–Crippen LogP) is 0.686. The summed E-state index contributed by atoms with van der Waals surface area (Å²) in [5.74, 6) is 0.325. The predicted molar refractivity (Wildman–Crippen MR) is 47.4 cm³/mol. The van der Waals surface area contributed by atoms with Gasteiger partial charge in [-0.3, -0.25) is 4.79 Å². The molecule has 4 nitrogen and oxygen atoms in total. The Labute approximate surface area is 80.5 Å². The van der Waals surface area contributed by atoms with Crippen molar-refractivity contribution in [3.63, 3.8) is 0 Å². The number of carbonyl (C=O) groups is 1. The third-order valence-corrected chi connectivity index (χ3v) is 2.31. The molecule has 0 spiro atoms. The molecule has 0 aromatic carbocycles. The Kier molecular flexibility index (Phi) is 2.14. The highest BCUT2D eigenvalue weighted by Crippen LogP contribution is 2.24. The summed E-state index contributed by atoms with van der Waals surface area (Å²) in [5, 5.41) is 0.266. The Morgan fingerprint density at radius 3 is 3.00 bits per heavy atom. The molecule has 1 aliphatic heterocycles. The number of nitrogens with zero attached hydrogens (tertiary/aromatic N) is 3. The lowest BCUT2D eigenvalue weighted by atomic mass is 9.97. The fraction of sp³-hybridized carbons (Fsp3) is 0.375. The zero-order valence-corrected chi connectivity index (χ0v) is 7.61. The van der Waals surface area contributed by atoms with Crippen LogP contribution in [0.3, 0.4) is 0 Å². The van der Waals surface area contributed by atoms with E-state index in [1.807, 2.05) is 6.07 Å². The van der Waals surface area contributed by atoms with Crippen LogP contribution >= 0.6 is 11.6 Å². The van der Waals surface area contributed by atoms with Gasteiger partial charge in [0.1, 0.15) is 0 Å². The van der Waals surface area contributed by atoms with Gasteiger partial charge in [0.15, 0.2) is 0 Å². The van der Waals surface area contributed by atoms with E-state index < -0.39 is 0 Å². The minimum Gasteiger partial charge on any atom is -0.344 e. The molecule has 0 atom stereocenters. The fourth-order valence-electron chi connectivity index (χ4n) is 1.36. The molecule has 2 rings (SSSR count). The molecule has 1 aliphatic rings. The number of hydrogen-bond acceptors (Lipinski definition) is 3. The molecule has 1 aromatic rings. The van der Waals surface area contributed by atoms with E-state index in [-0.39, 0.29) is 5.28 Å². The van der Waals surface area contributed by atoms with Crippen molar-refractivity contribution >= 4 is 18.0 Å². The molecule has 0 aliphatic carbocycles. The molecule has 1 saturated heterocycles. The Balaban J connectivity index is 2.07. The summed E-state index contributed by atoms with van der Waals surface area (Å²) >= 11 is 5.63. The summed E-state index contributed by atoms with van der Waals surface area (Å²) in [6.45, 7) is 1.47. The Morgan fingerprint density at radius 2 is 2.38 bits per heavy atom. The van der Waals surface area contributed by atoms with Crippen LogP contribution in [0.2, 0.25) is 5.28 Å². The van der Waals surface area contributed by atoms with E-state index in [2.05, 4.69) is 9.97 Å². The van der Waals surface area contributed by atoms with Crippen LogP contribution in [0.4, 0.5) is 0 Å². The second-order valence-corrected chi connectivity index (χ2v) is 3.34. The third kappa shape index (κ3) is 1.62.